The van der Waals surface area contributed by atoms with E-state index in [1.165, 1.54) is 0 Å². The Morgan fingerprint density at radius 3 is 1.50 bits per heavy atom. The van der Waals surface area contributed by atoms with Crippen LogP contribution >= 0.6 is 0 Å². The zero-order valence-electron chi connectivity index (χ0n) is 6.40. The van der Waals surface area contributed by atoms with E-state index in [1.807, 2.05) is 0 Å². The number of rotatable bonds is 2. The molecule has 0 rings (SSSR count). The van der Waals surface area contributed by atoms with E-state index in [0.29, 0.717) is 6.79 Å². The first-order valence-electron chi connectivity index (χ1n) is 2.33. The third-order valence-corrected chi connectivity index (χ3v) is 0.236. The summed E-state index contributed by atoms with van der Waals surface area (Å²) in [7, 11) is 4.17. The fourth-order valence-electron chi connectivity index (χ4n) is 0.118. The van der Waals surface area contributed by atoms with E-state index in [1.54, 1.807) is 14.2 Å². The van der Waals surface area contributed by atoms with Gasteiger partial charge in [-0.1, -0.05) is 0 Å². The van der Waals surface area contributed by atoms with Gasteiger partial charge in [-0.25, -0.2) is 0 Å². The standard InChI is InChI=1S/C3H8O2.CH2O2.CH4O/c1-4-3-5-2;2-1-3;1-2/h3H2,1-2H3;1H,(H,2,3);2H,1H3. The second-order valence-corrected chi connectivity index (χ2v) is 0.801. The summed E-state index contributed by atoms with van der Waals surface area (Å²) in [4.78, 5) is 8.36. The molecule has 64 valence electrons. The van der Waals surface area contributed by atoms with Crippen LogP contribution in [0.15, 0.2) is 0 Å². The molecule has 0 radical (unpaired) electrons. The van der Waals surface area contributed by atoms with Crippen LogP contribution in [0.4, 0.5) is 0 Å². The van der Waals surface area contributed by atoms with Gasteiger partial charge >= 0.3 is 0 Å². The van der Waals surface area contributed by atoms with Crippen LogP contribution in [0.5, 0.6) is 0 Å². The second-order valence-electron chi connectivity index (χ2n) is 0.801. The van der Waals surface area contributed by atoms with Crippen LogP contribution in [-0.2, 0) is 14.3 Å². The number of aliphatic hydroxyl groups is 1. The number of ether oxygens (including phenoxy) is 2. The average Bonchev–Trinajstić information content (AvgIpc) is 1.96. The molecule has 5 heteroatoms. The first-order chi connectivity index (χ1) is 4.83. The number of carboxylic acid groups (broad SMARTS) is 1. The van der Waals surface area contributed by atoms with Crippen molar-refractivity contribution in [1.82, 2.24) is 0 Å². The normalized spacial score (nSPS) is 6.00. The Kier molecular flexibility index (Phi) is 65.0. The molecule has 0 spiro atoms. The summed E-state index contributed by atoms with van der Waals surface area (Å²) in [6.45, 7) is 0.139. The van der Waals surface area contributed by atoms with Gasteiger partial charge in [0.25, 0.3) is 6.47 Å². The van der Waals surface area contributed by atoms with Crippen LogP contribution < -0.4 is 0 Å². The van der Waals surface area contributed by atoms with Gasteiger partial charge in [-0.2, -0.15) is 0 Å². The van der Waals surface area contributed by atoms with Crippen LogP contribution in [0, 0.1) is 0 Å². The molecule has 0 aromatic heterocycles. The maximum Gasteiger partial charge on any atom is 0.290 e. The molecule has 0 saturated heterocycles. The number of hydrogen-bond acceptors (Lipinski definition) is 4. The molecule has 0 amide bonds. The SMILES string of the molecule is CO.COCOC.O=CO. The molecule has 0 aromatic rings. The summed E-state index contributed by atoms with van der Waals surface area (Å²) in [6, 6.07) is 0. The van der Waals surface area contributed by atoms with E-state index in [-0.39, 0.29) is 6.47 Å². The number of carbonyl (C=O) groups is 1. The number of hydrogen-bond donors (Lipinski definition) is 2. The molecule has 10 heavy (non-hydrogen) atoms. The monoisotopic (exact) mass is 154 g/mol. The highest BCUT2D eigenvalue weighted by molar-refractivity contribution is 5.32. The van der Waals surface area contributed by atoms with Gasteiger partial charge in [0.2, 0.25) is 0 Å². The van der Waals surface area contributed by atoms with Crippen molar-refractivity contribution in [2.45, 2.75) is 0 Å². The molecule has 0 saturated carbocycles. The third-order valence-electron chi connectivity index (χ3n) is 0.236. The van der Waals surface area contributed by atoms with Crippen molar-refractivity contribution in [1.29, 1.82) is 0 Å². The fraction of sp³-hybridized carbons (Fsp3) is 0.800. The summed E-state index contributed by atoms with van der Waals surface area (Å²) in [5.74, 6) is 0. The first kappa shape index (κ1) is 16.2. The topological polar surface area (TPSA) is 76.0 Å². The zero-order valence-corrected chi connectivity index (χ0v) is 6.40. The first-order valence-corrected chi connectivity index (χ1v) is 2.33. The highest BCUT2D eigenvalue weighted by Gasteiger charge is 1.63. The quantitative estimate of drug-likeness (QED) is 0.416. The van der Waals surface area contributed by atoms with Crippen molar-refractivity contribution in [2.24, 2.45) is 0 Å². The average molecular weight is 154 g/mol. The van der Waals surface area contributed by atoms with Gasteiger partial charge in [-0.3, -0.25) is 4.79 Å². The van der Waals surface area contributed by atoms with E-state index >= 15 is 0 Å². The maximum absolute atomic E-state index is 8.36. The molecular formula is C5H14O5. The molecule has 0 bridgehead atoms. The largest absolute Gasteiger partial charge is 0.483 e. The Labute approximate surface area is 60.2 Å². The van der Waals surface area contributed by atoms with Gasteiger partial charge in [-0.05, 0) is 0 Å². The fourth-order valence-corrected chi connectivity index (χ4v) is 0.118. The smallest absolute Gasteiger partial charge is 0.290 e. The Morgan fingerprint density at radius 1 is 1.30 bits per heavy atom. The molecular weight excluding hydrogens is 140 g/mol. The van der Waals surface area contributed by atoms with Gasteiger partial charge < -0.3 is 19.7 Å². The van der Waals surface area contributed by atoms with Crippen molar-refractivity contribution >= 4 is 6.47 Å². The Hall–Kier alpha value is -0.650. The number of aliphatic hydroxyl groups excluding tert-OH is 1. The second kappa shape index (κ2) is 40.2. The Bertz CT molecular complexity index is 37.0. The predicted molar refractivity (Wildman–Crippen MR) is 35.7 cm³/mol. The van der Waals surface area contributed by atoms with Crippen molar-refractivity contribution in [3.8, 4) is 0 Å². The summed E-state index contributed by atoms with van der Waals surface area (Å²) in [6.07, 6.45) is 0. The molecule has 0 heterocycles. The summed E-state index contributed by atoms with van der Waals surface area (Å²) >= 11 is 0. The van der Waals surface area contributed by atoms with E-state index in [2.05, 4.69) is 9.47 Å². The lowest BCUT2D eigenvalue weighted by molar-refractivity contribution is -0.122. The lowest BCUT2D eigenvalue weighted by Gasteiger charge is -1.87. The Morgan fingerprint density at radius 2 is 1.50 bits per heavy atom. The molecule has 0 fully saturated rings. The van der Waals surface area contributed by atoms with Crippen molar-refractivity contribution in [3.05, 3.63) is 0 Å². The lowest BCUT2D eigenvalue weighted by atomic mass is 11.4. The highest BCUT2D eigenvalue weighted by atomic mass is 16.6. The molecule has 2 N–H and O–H groups in total. The van der Waals surface area contributed by atoms with Gasteiger partial charge in [-0.15, -0.1) is 0 Å². The molecule has 0 aliphatic rings. The molecule has 0 aliphatic heterocycles. The van der Waals surface area contributed by atoms with Crippen LogP contribution in [0.25, 0.3) is 0 Å². The summed E-state index contributed by atoms with van der Waals surface area (Å²) in [5.41, 5.74) is 0. The van der Waals surface area contributed by atoms with Crippen molar-refractivity contribution in [3.63, 3.8) is 0 Å². The maximum atomic E-state index is 8.36. The van der Waals surface area contributed by atoms with Crippen LogP contribution in [0.1, 0.15) is 0 Å². The van der Waals surface area contributed by atoms with Crippen molar-refractivity contribution < 1.29 is 24.5 Å². The van der Waals surface area contributed by atoms with Gasteiger partial charge in [0.1, 0.15) is 6.79 Å². The predicted octanol–water partition coefficient (Wildman–Crippen LogP) is -0.454. The highest BCUT2D eigenvalue weighted by Crippen LogP contribution is 1.60. The minimum atomic E-state index is -0.250. The van der Waals surface area contributed by atoms with E-state index < -0.39 is 0 Å². The molecule has 0 aromatic carbocycles. The van der Waals surface area contributed by atoms with Crippen LogP contribution in [0.2, 0.25) is 0 Å². The Balaban J connectivity index is -0.0000000847. The summed E-state index contributed by atoms with van der Waals surface area (Å²) in [5, 5.41) is 13.9. The van der Waals surface area contributed by atoms with E-state index in [9.17, 15) is 0 Å². The summed E-state index contributed by atoms with van der Waals surface area (Å²) < 4.78 is 8.94. The minimum Gasteiger partial charge on any atom is -0.483 e. The molecule has 0 atom stereocenters. The van der Waals surface area contributed by atoms with Crippen LogP contribution in [-0.4, -0.2) is 44.8 Å². The van der Waals surface area contributed by atoms with E-state index in [4.69, 9.17) is 15.0 Å². The molecule has 0 aliphatic carbocycles. The molecule has 5 nitrogen and oxygen atoms in total. The van der Waals surface area contributed by atoms with Gasteiger partial charge in [0.05, 0.1) is 0 Å². The number of methoxy groups -OCH3 is 2. The third kappa shape index (κ3) is 163. The van der Waals surface area contributed by atoms with Crippen molar-refractivity contribution in [2.75, 3.05) is 28.1 Å². The minimum absolute atomic E-state index is 0.250. The van der Waals surface area contributed by atoms with Gasteiger partial charge in [0.15, 0.2) is 0 Å². The van der Waals surface area contributed by atoms with E-state index in [0.717, 1.165) is 7.11 Å². The lowest BCUT2D eigenvalue weighted by Crippen LogP contribution is -1.87. The zero-order chi connectivity index (χ0) is 8.83. The molecule has 0 unspecified atom stereocenters. The van der Waals surface area contributed by atoms with Gasteiger partial charge in [0, 0.05) is 21.3 Å². The van der Waals surface area contributed by atoms with Crippen LogP contribution in [0.3, 0.4) is 0 Å².